The highest BCUT2D eigenvalue weighted by atomic mass is 32.1. The van der Waals surface area contributed by atoms with Crippen molar-refractivity contribution in [3.63, 3.8) is 0 Å². The molecule has 0 aliphatic rings. The van der Waals surface area contributed by atoms with Crippen LogP contribution < -0.4 is 9.47 Å². The zero-order valence-corrected chi connectivity index (χ0v) is 17.8. The number of hydrogen-bond acceptors (Lipinski definition) is 5. The van der Waals surface area contributed by atoms with E-state index in [-0.39, 0.29) is 5.41 Å². The predicted molar refractivity (Wildman–Crippen MR) is 113 cm³/mol. The van der Waals surface area contributed by atoms with Gasteiger partial charge in [0.25, 0.3) is 0 Å². The highest BCUT2D eigenvalue weighted by Gasteiger charge is 2.23. The zero-order chi connectivity index (χ0) is 20.3. The zero-order valence-electron chi connectivity index (χ0n) is 17.0. The number of aldehydes is 1. The molecular weight excluding hydrogens is 372 g/mol. The molecule has 0 radical (unpaired) electrons. The van der Waals surface area contributed by atoms with Crippen LogP contribution in [0, 0.1) is 0 Å². The van der Waals surface area contributed by atoms with Crippen molar-refractivity contribution in [2.24, 2.45) is 0 Å². The molecule has 0 aliphatic carbocycles. The van der Waals surface area contributed by atoms with E-state index in [4.69, 9.17) is 14.5 Å². The molecule has 0 fully saturated rings. The van der Waals surface area contributed by atoms with Crippen molar-refractivity contribution in [2.45, 2.75) is 40.0 Å². The molecule has 0 unspecified atom stereocenters. The summed E-state index contributed by atoms with van der Waals surface area (Å²) in [7, 11) is 0. The van der Waals surface area contributed by atoms with Gasteiger partial charge in [-0.3, -0.25) is 9.36 Å². The van der Waals surface area contributed by atoms with Gasteiger partial charge in [-0.05, 0) is 49.1 Å². The summed E-state index contributed by atoms with van der Waals surface area (Å²) in [6.45, 7) is 11.5. The fraction of sp³-hybridized carbons (Fsp3) is 0.364. The fourth-order valence-electron chi connectivity index (χ4n) is 2.94. The van der Waals surface area contributed by atoms with Crippen LogP contribution in [-0.2, 0) is 5.41 Å². The first-order valence-corrected chi connectivity index (χ1v) is 10.3. The standard InChI is InChI=1S/C22H26N2O3S/c1-6-26-19-12-15(22(3,4)5)11-17(20(19)27-7-2)18-14-28-21(23-18)24-10-8-9-16(24)13-25/h8-14H,6-7H2,1-5H3. The number of thiazole rings is 1. The Morgan fingerprint density at radius 2 is 1.93 bits per heavy atom. The van der Waals surface area contributed by atoms with Crippen molar-refractivity contribution < 1.29 is 14.3 Å². The van der Waals surface area contributed by atoms with Crippen LogP contribution in [0.5, 0.6) is 11.5 Å². The number of hydrogen-bond donors (Lipinski definition) is 0. The van der Waals surface area contributed by atoms with Crippen molar-refractivity contribution in [3.05, 3.63) is 47.1 Å². The van der Waals surface area contributed by atoms with Crippen LogP contribution >= 0.6 is 11.3 Å². The van der Waals surface area contributed by atoms with Crippen molar-refractivity contribution in [1.82, 2.24) is 9.55 Å². The average Bonchev–Trinajstić information content (AvgIpc) is 3.31. The van der Waals surface area contributed by atoms with Gasteiger partial charge in [-0.15, -0.1) is 11.3 Å². The fourth-order valence-corrected chi connectivity index (χ4v) is 3.77. The molecule has 0 bridgehead atoms. The molecule has 6 heteroatoms. The van der Waals surface area contributed by atoms with Crippen molar-refractivity contribution >= 4 is 17.6 Å². The number of ether oxygens (including phenoxy) is 2. The number of carbonyl (C=O) groups is 1. The Bertz CT molecular complexity index is 967. The maximum absolute atomic E-state index is 11.3. The van der Waals surface area contributed by atoms with Gasteiger partial charge in [0.1, 0.15) is 0 Å². The minimum absolute atomic E-state index is 0.0463. The van der Waals surface area contributed by atoms with E-state index in [2.05, 4.69) is 32.9 Å². The van der Waals surface area contributed by atoms with Crippen molar-refractivity contribution in [3.8, 4) is 27.9 Å². The van der Waals surface area contributed by atoms with Crippen LogP contribution in [0.4, 0.5) is 0 Å². The lowest BCUT2D eigenvalue weighted by Crippen LogP contribution is -2.12. The summed E-state index contributed by atoms with van der Waals surface area (Å²) >= 11 is 1.49. The minimum atomic E-state index is -0.0463. The maximum Gasteiger partial charge on any atom is 0.194 e. The van der Waals surface area contributed by atoms with Crippen LogP contribution in [0.1, 0.15) is 50.7 Å². The summed E-state index contributed by atoms with van der Waals surface area (Å²) < 4.78 is 13.7. The van der Waals surface area contributed by atoms with Crippen molar-refractivity contribution in [1.29, 1.82) is 0 Å². The number of aromatic nitrogens is 2. The minimum Gasteiger partial charge on any atom is -0.490 e. The average molecular weight is 399 g/mol. The topological polar surface area (TPSA) is 53.4 Å². The molecule has 0 saturated heterocycles. The summed E-state index contributed by atoms with van der Waals surface area (Å²) in [6, 6.07) is 7.79. The molecule has 0 spiro atoms. The SMILES string of the molecule is CCOc1cc(C(C)(C)C)cc(-c2csc(-n3cccc3C=O)n2)c1OCC. The van der Waals surface area contributed by atoms with Crippen LogP contribution in [-0.4, -0.2) is 29.1 Å². The lowest BCUT2D eigenvalue weighted by Gasteiger charge is -2.23. The largest absolute Gasteiger partial charge is 0.490 e. The van der Waals surface area contributed by atoms with E-state index in [1.807, 2.05) is 31.5 Å². The molecule has 0 saturated carbocycles. The third-order valence-corrected chi connectivity index (χ3v) is 5.22. The molecule has 3 aromatic rings. The number of benzene rings is 1. The lowest BCUT2D eigenvalue weighted by molar-refractivity contribution is 0.111. The highest BCUT2D eigenvalue weighted by molar-refractivity contribution is 7.12. The van der Waals surface area contributed by atoms with Gasteiger partial charge in [-0.2, -0.15) is 0 Å². The number of carbonyl (C=O) groups excluding carboxylic acids is 1. The van der Waals surface area contributed by atoms with Crippen LogP contribution in [0.15, 0.2) is 35.8 Å². The lowest BCUT2D eigenvalue weighted by atomic mass is 9.85. The van der Waals surface area contributed by atoms with E-state index in [0.717, 1.165) is 34.0 Å². The molecule has 1 aromatic carbocycles. The predicted octanol–water partition coefficient (Wildman–Crippen LogP) is 5.51. The van der Waals surface area contributed by atoms with Gasteiger partial charge in [0.2, 0.25) is 0 Å². The Balaban J connectivity index is 2.17. The van der Waals surface area contributed by atoms with Gasteiger partial charge in [-0.1, -0.05) is 20.8 Å². The van der Waals surface area contributed by atoms with Gasteiger partial charge < -0.3 is 9.47 Å². The molecule has 28 heavy (non-hydrogen) atoms. The quantitative estimate of drug-likeness (QED) is 0.493. The van der Waals surface area contributed by atoms with Crippen LogP contribution in [0.3, 0.4) is 0 Å². The first-order valence-electron chi connectivity index (χ1n) is 9.42. The summed E-state index contributed by atoms with van der Waals surface area (Å²) in [4.78, 5) is 16.1. The Kier molecular flexibility index (Phi) is 5.89. The Morgan fingerprint density at radius 3 is 2.57 bits per heavy atom. The second-order valence-electron chi connectivity index (χ2n) is 7.40. The van der Waals surface area contributed by atoms with Gasteiger partial charge in [0, 0.05) is 17.1 Å². The molecule has 2 aromatic heterocycles. The van der Waals surface area contributed by atoms with E-state index < -0.39 is 0 Å². The van der Waals surface area contributed by atoms with Gasteiger partial charge in [0.05, 0.1) is 24.6 Å². The van der Waals surface area contributed by atoms with E-state index in [1.54, 1.807) is 10.6 Å². The van der Waals surface area contributed by atoms with E-state index in [1.165, 1.54) is 11.3 Å². The van der Waals surface area contributed by atoms with Gasteiger partial charge in [0.15, 0.2) is 22.9 Å². The summed E-state index contributed by atoms with van der Waals surface area (Å²) in [5.74, 6) is 1.44. The molecule has 0 amide bonds. The summed E-state index contributed by atoms with van der Waals surface area (Å²) in [6.07, 6.45) is 2.67. The second kappa shape index (κ2) is 8.19. The molecule has 2 heterocycles. The van der Waals surface area contributed by atoms with Gasteiger partial charge >= 0.3 is 0 Å². The molecule has 0 N–H and O–H groups in total. The molecule has 0 atom stereocenters. The maximum atomic E-state index is 11.3. The van der Waals surface area contributed by atoms with Crippen LogP contribution in [0.2, 0.25) is 0 Å². The highest BCUT2D eigenvalue weighted by Crippen LogP contribution is 2.43. The number of rotatable bonds is 7. The molecule has 3 rings (SSSR count). The van der Waals surface area contributed by atoms with Crippen LogP contribution in [0.25, 0.3) is 16.4 Å². The third-order valence-electron chi connectivity index (χ3n) is 4.38. The Morgan fingerprint density at radius 1 is 1.18 bits per heavy atom. The molecule has 0 aliphatic heterocycles. The van der Waals surface area contributed by atoms with E-state index in [0.29, 0.717) is 24.7 Å². The van der Waals surface area contributed by atoms with E-state index in [9.17, 15) is 4.79 Å². The van der Waals surface area contributed by atoms with E-state index >= 15 is 0 Å². The van der Waals surface area contributed by atoms with Crippen molar-refractivity contribution in [2.75, 3.05) is 13.2 Å². The first-order chi connectivity index (χ1) is 13.4. The number of nitrogens with zero attached hydrogens (tertiary/aromatic N) is 2. The smallest absolute Gasteiger partial charge is 0.194 e. The second-order valence-corrected chi connectivity index (χ2v) is 8.24. The molecule has 148 valence electrons. The summed E-state index contributed by atoms with van der Waals surface area (Å²) in [5.41, 5.74) is 3.39. The normalized spacial score (nSPS) is 11.5. The van der Waals surface area contributed by atoms with Gasteiger partial charge in [-0.25, -0.2) is 4.98 Å². The Hall–Kier alpha value is -2.60. The summed E-state index contributed by atoms with van der Waals surface area (Å²) in [5, 5.41) is 2.73. The first kappa shape index (κ1) is 20.1. The Labute approximate surface area is 169 Å². The monoisotopic (exact) mass is 398 g/mol. The third kappa shape index (κ3) is 3.97. The molecular formula is C22H26N2O3S. The molecule has 5 nitrogen and oxygen atoms in total.